The fourth-order valence-corrected chi connectivity index (χ4v) is 4.45. The van der Waals surface area contributed by atoms with Crippen LogP contribution in [-0.2, 0) is 16.0 Å². The minimum absolute atomic E-state index is 0.0684. The maximum absolute atomic E-state index is 12.8. The van der Waals surface area contributed by atoms with Crippen molar-refractivity contribution in [3.63, 3.8) is 0 Å². The van der Waals surface area contributed by atoms with Gasteiger partial charge in [0.1, 0.15) is 0 Å². The van der Waals surface area contributed by atoms with E-state index < -0.39 is 11.9 Å². The lowest BCUT2D eigenvalue weighted by atomic mass is 9.89. The third-order valence-electron chi connectivity index (χ3n) is 4.84. The van der Waals surface area contributed by atoms with Gasteiger partial charge in [-0.1, -0.05) is 23.7 Å². The highest BCUT2D eigenvalue weighted by Gasteiger charge is 2.40. The fourth-order valence-electron chi connectivity index (χ4n) is 3.47. The number of amides is 1. The molecule has 2 atom stereocenters. The third-order valence-corrected chi connectivity index (χ3v) is 5.99. The molecule has 1 aliphatic rings. The average Bonchev–Trinajstić information content (AvgIpc) is 3.32. The van der Waals surface area contributed by atoms with Crippen molar-refractivity contribution in [2.24, 2.45) is 5.92 Å². The van der Waals surface area contributed by atoms with Crippen molar-refractivity contribution in [2.45, 2.75) is 12.3 Å². The normalized spacial score (nSPS) is 20.0. The van der Waals surface area contributed by atoms with Crippen LogP contribution in [0, 0.1) is 5.92 Å². The molecule has 0 aliphatic carbocycles. The van der Waals surface area contributed by atoms with Crippen molar-refractivity contribution in [1.29, 1.82) is 0 Å². The second-order valence-electron chi connectivity index (χ2n) is 6.39. The molecular formula is C18H16ClN3O3S. The van der Waals surface area contributed by atoms with Crippen LogP contribution in [0.5, 0.6) is 0 Å². The van der Waals surface area contributed by atoms with E-state index in [-0.39, 0.29) is 24.8 Å². The van der Waals surface area contributed by atoms with Crippen molar-refractivity contribution >= 4 is 39.8 Å². The third kappa shape index (κ3) is 3.08. The van der Waals surface area contributed by atoms with Gasteiger partial charge < -0.3 is 10.0 Å². The van der Waals surface area contributed by atoms with Gasteiger partial charge >= 0.3 is 5.97 Å². The number of likely N-dealkylation sites (tertiary alicyclic amines) is 1. The van der Waals surface area contributed by atoms with Crippen LogP contribution >= 0.6 is 22.9 Å². The molecule has 1 fully saturated rings. The summed E-state index contributed by atoms with van der Waals surface area (Å²) in [5.74, 6) is -1.80. The van der Waals surface area contributed by atoms with E-state index in [1.165, 1.54) is 11.3 Å². The summed E-state index contributed by atoms with van der Waals surface area (Å²) < 4.78 is 1.89. The molecule has 6 nitrogen and oxygen atoms in total. The Morgan fingerprint density at radius 3 is 2.77 bits per heavy atom. The molecule has 4 rings (SSSR count). The molecule has 0 saturated carbocycles. The van der Waals surface area contributed by atoms with E-state index in [4.69, 9.17) is 11.6 Å². The minimum atomic E-state index is -0.882. The molecule has 0 unspecified atom stereocenters. The number of carboxylic acids is 1. The number of nitrogens with zero attached hydrogens (tertiary/aromatic N) is 3. The van der Waals surface area contributed by atoms with Gasteiger partial charge in [-0.25, -0.2) is 4.98 Å². The predicted molar refractivity (Wildman–Crippen MR) is 98.7 cm³/mol. The SMILES string of the molecule is O=C(O)[C@@H]1CN(C(=O)Cc2csc3nccn23)C[C@H]1c1ccc(Cl)cc1. The van der Waals surface area contributed by atoms with Crippen LogP contribution in [0.2, 0.25) is 5.02 Å². The van der Waals surface area contributed by atoms with Crippen molar-refractivity contribution in [1.82, 2.24) is 14.3 Å². The van der Waals surface area contributed by atoms with Crippen LogP contribution in [0.15, 0.2) is 42.0 Å². The second kappa shape index (κ2) is 6.74. The van der Waals surface area contributed by atoms with Crippen LogP contribution < -0.4 is 0 Å². The summed E-state index contributed by atoms with van der Waals surface area (Å²) in [5.41, 5.74) is 1.76. The van der Waals surface area contributed by atoms with Crippen molar-refractivity contribution in [2.75, 3.05) is 13.1 Å². The van der Waals surface area contributed by atoms with Crippen LogP contribution in [0.1, 0.15) is 17.2 Å². The zero-order chi connectivity index (χ0) is 18.3. The topological polar surface area (TPSA) is 74.9 Å². The van der Waals surface area contributed by atoms with Gasteiger partial charge in [-0.05, 0) is 17.7 Å². The molecule has 8 heteroatoms. The molecule has 0 spiro atoms. The summed E-state index contributed by atoms with van der Waals surface area (Å²) in [6, 6.07) is 7.18. The number of carboxylic acid groups (broad SMARTS) is 1. The van der Waals surface area contributed by atoms with E-state index in [0.29, 0.717) is 11.6 Å². The molecule has 2 aromatic heterocycles. The smallest absolute Gasteiger partial charge is 0.308 e. The molecule has 134 valence electrons. The summed E-state index contributed by atoms with van der Waals surface area (Å²) in [7, 11) is 0. The van der Waals surface area contributed by atoms with Gasteiger partial charge in [0.05, 0.1) is 12.3 Å². The van der Waals surface area contributed by atoms with Crippen molar-refractivity contribution in [3.8, 4) is 0 Å². The number of carbonyl (C=O) groups is 2. The quantitative estimate of drug-likeness (QED) is 0.744. The lowest BCUT2D eigenvalue weighted by molar-refractivity contribution is -0.141. The summed E-state index contributed by atoms with van der Waals surface area (Å²) in [6.45, 7) is 0.618. The van der Waals surface area contributed by atoms with E-state index in [2.05, 4.69) is 4.98 Å². The second-order valence-corrected chi connectivity index (χ2v) is 7.66. The molecule has 1 saturated heterocycles. The number of aromatic nitrogens is 2. The van der Waals surface area contributed by atoms with Gasteiger partial charge in [0.25, 0.3) is 0 Å². The highest BCUT2D eigenvalue weighted by molar-refractivity contribution is 7.15. The van der Waals surface area contributed by atoms with Gasteiger partial charge in [0.2, 0.25) is 5.91 Å². The van der Waals surface area contributed by atoms with Crippen molar-refractivity contribution in [3.05, 3.63) is 58.3 Å². The first-order valence-electron chi connectivity index (χ1n) is 8.18. The molecule has 3 heterocycles. The van der Waals surface area contributed by atoms with E-state index in [1.807, 2.05) is 28.1 Å². The lowest BCUT2D eigenvalue weighted by Crippen LogP contribution is -2.31. The summed E-state index contributed by atoms with van der Waals surface area (Å²) in [4.78, 5) is 31.2. The number of hydrogen-bond acceptors (Lipinski definition) is 4. The first-order chi connectivity index (χ1) is 12.5. The maximum atomic E-state index is 12.8. The Morgan fingerprint density at radius 1 is 1.27 bits per heavy atom. The van der Waals surface area contributed by atoms with Crippen LogP contribution in [0.3, 0.4) is 0 Å². The molecular weight excluding hydrogens is 374 g/mol. The van der Waals surface area contributed by atoms with Crippen LogP contribution in [0.25, 0.3) is 4.96 Å². The largest absolute Gasteiger partial charge is 0.481 e. The number of carbonyl (C=O) groups excluding carboxylic acids is 1. The number of aliphatic carboxylic acids is 1. The number of imidazole rings is 1. The molecule has 0 bridgehead atoms. The highest BCUT2D eigenvalue weighted by atomic mass is 35.5. The number of hydrogen-bond donors (Lipinski definition) is 1. The first kappa shape index (κ1) is 17.1. The highest BCUT2D eigenvalue weighted by Crippen LogP contribution is 2.34. The molecule has 26 heavy (non-hydrogen) atoms. The van der Waals surface area contributed by atoms with E-state index in [1.54, 1.807) is 23.2 Å². The molecule has 1 N–H and O–H groups in total. The Kier molecular flexibility index (Phi) is 4.42. The maximum Gasteiger partial charge on any atom is 0.308 e. The van der Waals surface area contributed by atoms with E-state index in [9.17, 15) is 14.7 Å². The monoisotopic (exact) mass is 389 g/mol. The Balaban J connectivity index is 1.53. The Morgan fingerprint density at radius 2 is 2.04 bits per heavy atom. The zero-order valence-corrected chi connectivity index (χ0v) is 15.3. The molecule has 0 radical (unpaired) electrons. The molecule has 1 aromatic carbocycles. The Hall–Kier alpha value is -2.38. The molecule has 1 amide bonds. The van der Waals surface area contributed by atoms with Crippen LogP contribution in [-0.4, -0.2) is 44.4 Å². The van der Waals surface area contributed by atoms with Gasteiger partial charge in [-0.2, -0.15) is 0 Å². The van der Waals surface area contributed by atoms with Gasteiger partial charge in [-0.3, -0.25) is 14.0 Å². The molecule has 1 aliphatic heterocycles. The molecule has 3 aromatic rings. The standard InChI is InChI=1S/C18H16ClN3O3S/c19-12-3-1-11(2-4-12)14-8-21(9-15(14)17(24)25)16(23)7-13-10-26-18-20-5-6-22(13)18/h1-6,10,14-15H,7-9H2,(H,24,25)/t14-,15+/m0/s1. The number of halogens is 1. The minimum Gasteiger partial charge on any atom is -0.481 e. The van der Waals surface area contributed by atoms with E-state index in [0.717, 1.165) is 16.2 Å². The van der Waals surface area contributed by atoms with Crippen LogP contribution in [0.4, 0.5) is 0 Å². The number of benzene rings is 1. The fraction of sp³-hybridized carbons (Fsp3) is 0.278. The summed E-state index contributed by atoms with van der Waals surface area (Å²) >= 11 is 7.41. The van der Waals surface area contributed by atoms with Gasteiger partial charge in [-0.15, -0.1) is 11.3 Å². The average molecular weight is 390 g/mol. The first-order valence-corrected chi connectivity index (χ1v) is 9.44. The number of rotatable bonds is 4. The lowest BCUT2D eigenvalue weighted by Gasteiger charge is -2.16. The Bertz CT molecular complexity index is 966. The predicted octanol–water partition coefficient (Wildman–Crippen LogP) is 2.92. The van der Waals surface area contributed by atoms with Gasteiger partial charge in [0.15, 0.2) is 4.96 Å². The zero-order valence-electron chi connectivity index (χ0n) is 13.7. The number of thiazole rings is 1. The summed E-state index contributed by atoms with van der Waals surface area (Å²) in [6.07, 6.45) is 3.76. The van der Waals surface area contributed by atoms with E-state index >= 15 is 0 Å². The van der Waals surface area contributed by atoms with Gasteiger partial charge in [0, 0.05) is 47.5 Å². The number of fused-ring (bicyclic) bond motifs is 1. The Labute approximate surface area is 158 Å². The summed E-state index contributed by atoms with van der Waals surface area (Å²) in [5, 5.41) is 12.1. The van der Waals surface area contributed by atoms with Crippen molar-refractivity contribution < 1.29 is 14.7 Å².